The second-order valence-corrected chi connectivity index (χ2v) is 7.37. The first-order valence-corrected chi connectivity index (χ1v) is 9.14. The van der Waals surface area contributed by atoms with Crippen molar-refractivity contribution in [3.05, 3.63) is 64.7 Å². The van der Waals surface area contributed by atoms with Crippen LogP contribution in [-0.4, -0.2) is 32.3 Å². The summed E-state index contributed by atoms with van der Waals surface area (Å²) in [5.74, 6) is -0.616. The number of sulfonamides is 1. The number of hydrogen-bond acceptors (Lipinski definition) is 4. The first kappa shape index (κ1) is 18.4. The van der Waals surface area contributed by atoms with E-state index in [9.17, 15) is 13.2 Å². The first-order valence-electron chi connectivity index (χ1n) is 7.32. The van der Waals surface area contributed by atoms with E-state index in [1.165, 1.54) is 29.6 Å². The van der Waals surface area contributed by atoms with E-state index in [0.717, 1.165) is 5.56 Å². The lowest BCUT2D eigenvalue weighted by molar-refractivity contribution is 0.0600. The number of nitrogens with zero attached hydrogens (tertiary/aromatic N) is 1. The van der Waals surface area contributed by atoms with Crippen molar-refractivity contribution in [2.24, 2.45) is 0 Å². The summed E-state index contributed by atoms with van der Waals surface area (Å²) in [5, 5.41) is 0.0640. The van der Waals surface area contributed by atoms with Crippen molar-refractivity contribution < 1.29 is 17.9 Å². The molecule has 5 nitrogen and oxygen atoms in total. The highest BCUT2D eigenvalue weighted by Gasteiger charge is 2.27. The lowest BCUT2D eigenvalue weighted by Gasteiger charge is -2.21. The topological polar surface area (TPSA) is 63.7 Å². The Hall–Kier alpha value is -1.89. The third kappa shape index (κ3) is 3.95. The normalized spacial score (nSPS) is 11.5. The van der Waals surface area contributed by atoms with Crippen LogP contribution in [0.4, 0.5) is 0 Å². The first-order chi connectivity index (χ1) is 11.4. The van der Waals surface area contributed by atoms with Crippen LogP contribution in [0.2, 0.25) is 5.02 Å². The molecule has 0 amide bonds. The molecule has 24 heavy (non-hydrogen) atoms. The Morgan fingerprint density at radius 3 is 2.42 bits per heavy atom. The standard InChI is InChI=1S/C17H18ClNO4S/c1-3-19(12-13-7-5-4-6-8-13)24(21,22)16-11-14(17(20)23-2)9-10-15(16)18/h4-11H,3,12H2,1-2H3. The van der Waals surface area contributed by atoms with E-state index in [0.29, 0.717) is 0 Å². The zero-order valence-electron chi connectivity index (χ0n) is 13.4. The van der Waals surface area contributed by atoms with Gasteiger partial charge in [0, 0.05) is 13.1 Å². The molecular formula is C17H18ClNO4S. The van der Waals surface area contributed by atoms with Crippen LogP contribution < -0.4 is 0 Å². The molecular weight excluding hydrogens is 350 g/mol. The minimum absolute atomic E-state index is 0.0640. The van der Waals surface area contributed by atoms with Gasteiger partial charge in [-0.2, -0.15) is 4.31 Å². The van der Waals surface area contributed by atoms with E-state index in [2.05, 4.69) is 4.74 Å². The van der Waals surface area contributed by atoms with Gasteiger partial charge in [0.25, 0.3) is 0 Å². The lowest BCUT2D eigenvalue weighted by atomic mass is 10.2. The molecule has 0 aliphatic carbocycles. The molecule has 0 atom stereocenters. The number of hydrogen-bond donors (Lipinski definition) is 0. The van der Waals surface area contributed by atoms with Crippen molar-refractivity contribution in [1.82, 2.24) is 4.31 Å². The number of carbonyl (C=O) groups excluding carboxylic acids is 1. The van der Waals surface area contributed by atoms with E-state index < -0.39 is 16.0 Å². The SMILES string of the molecule is CCN(Cc1ccccc1)S(=O)(=O)c1cc(C(=O)OC)ccc1Cl. The minimum atomic E-state index is -3.85. The molecule has 2 rings (SSSR count). The number of ether oxygens (including phenoxy) is 1. The van der Waals surface area contributed by atoms with E-state index >= 15 is 0 Å². The van der Waals surface area contributed by atoms with Gasteiger partial charge < -0.3 is 4.74 Å². The summed E-state index contributed by atoms with van der Waals surface area (Å²) in [6, 6.07) is 13.3. The molecule has 0 radical (unpaired) electrons. The van der Waals surface area contributed by atoms with Gasteiger partial charge in [0.2, 0.25) is 10.0 Å². The van der Waals surface area contributed by atoms with E-state index in [1.807, 2.05) is 30.3 Å². The van der Waals surface area contributed by atoms with Gasteiger partial charge >= 0.3 is 5.97 Å². The van der Waals surface area contributed by atoms with Crippen LogP contribution in [0.3, 0.4) is 0 Å². The number of rotatable bonds is 6. The molecule has 0 spiro atoms. The maximum absolute atomic E-state index is 12.9. The number of benzene rings is 2. The number of carbonyl (C=O) groups is 1. The Bertz CT molecular complexity index is 822. The van der Waals surface area contributed by atoms with Gasteiger partial charge in [-0.05, 0) is 23.8 Å². The number of methoxy groups -OCH3 is 1. The molecule has 0 saturated heterocycles. The second kappa shape index (κ2) is 7.79. The summed E-state index contributed by atoms with van der Waals surface area (Å²) in [6.07, 6.45) is 0. The van der Waals surface area contributed by atoms with Gasteiger partial charge in [-0.15, -0.1) is 0 Å². The average molecular weight is 368 g/mol. The Morgan fingerprint density at radius 1 is 1.17 bits per heavy atom. The van der Waals surface area contributed by atoms with Gasteiger partial charge in [0.1, 0.15) is 4.90 Å². The van der Waals surface area contributed by atoms with Crippen LogP contribution in [0, 0.1) is 0 Å². The quantitative estimate of drug-likeness (QED) is 0.734. The predicted octanol–water partition coefficient (Wildman–Crippen LogP) is 3.34. The summed E-state index contributed by atoms with van der Waals surface area (Å²) in [5.41, 5.74) is 0.999. The number of halogens is 1. The van der Waals surface area contributed by atoms with Crippen molar-refractivity contribution in [1.29, 1.82) is 0 Å². The zero-order valence-corrected chi connectivity index (χ0v) is 15.0. The van der Waals surface area contributed by atoms with Crippen LogP contribution in [0.25, 0.3) is 0 Å². The van der Waals surface area contributed by atoms with Crippen LogP contribution in [0.5, 0.6) is 0 Å². The Kier molecular flexibility index (Phi) is 5.99. The van der Waals surface area contributed by atoms with Crippen LogP contribution >= 0.6 is 11.6 Å². The molecule has 2 aromatic rings. The molecule has 0 N–H and O–H groups in total. The van der Waals surface area contributed by atoms with Crippen molar-refractivity contribution in [3.8, 4) is 0 Å². The Balaban J connectivity index is 2.42. The van der Waals surface area contributed by atoms with Crippen molar-refractivity contribution >= 4 is 27.6 Å². The maximum atomic E-state index is 12.9. The van der Waals surface area contributed by atoms with Gasteiger partial charge in [-0.1, -0.05) is 48.9 Å². The largest absolute Gasteiger partial charge is 0.465 e. The molecule has 0 fully saturated rings. The molecule has 2 aromatic carbocycles. The predicted molar refractivity (Wildman–Crippen MR) is 92.5 cm³/mol. The third-order valence-corrected chi connectivity index (χ3v) is 5.93. The fourth-order valence-corrected chi connectivity index (χ4v) is 4.18. The van der Waals surface area contributed by atoms with Crippen LogP contribution in [0.1, 0.15) is 22.8 Å². The highest BCUT2D eigenvalue weighted by molar-refractivity contribution is 7.89. The van der Waals surface area contributed by atoms with Crippen molar-refractivity contribution in [2.75, 3.05) is 13.7 Å². The van der Waals surface area contributed by atoms with Crippen LogP contribution in [-0.2, 0) is 21.3 Å². The average Bonchev–Trinajstić information content (AvgIpc) is 2.59. The highest BCUT2D eigenvalue weighted by atomic mass is 35.5. The van der Waals surface area contributed by atoms with Gasteiger partial charge in [0.05, 0.1) is 17.7 Å². The van der Waals surface area contributed by atoms with Gasteiger partial charge in [-0.3, -0.25) is 0 Å². The van der Waals surface area contributed by atoms with Crippen molar-refractivity contribution in [3.63, 3.8) is 0 Å². The Morgan fingerprint density at radius 2 is 1.83 bits per heavy atom. The summed E-state index contributed by atoms with van der Waals surface area (Å²) >= 11 is 6.07. The molecule has 0 bridgehead atoms. The summed E-state index contributed by atoms with van der Waals surface area (Å²) in [4.78, 5) is 11.6. The summed E-state index contributed by atoms with van der Waals surface area (Å²) in [6.45, 7) is 2.24. The highest BCUT2D eigenvalue weighted by Crippen LogP contribution is 2.27. The molecule has 128 valence electrons. The summed E-state index contributed by atoms with van der Waals surface area (Å²) in [7, 11) is -2.62. The minimum Gasteiger partial charge on any atom is -0.465 e. The van der Waals surface area contributed by atoms with E-state index in [1.54, 1.807) is 6.92 Å². The molecule has 0 aliphatic rings. The summed E-state index contributed by atoms with van der Waals surface area (Å²) < 4.78 is 31.8. The maximum Gasteiger partial charge on any atom is 0.337 e. The van der Waals surface area contributed by atoms with E-state index in [4.69, 9.17) is 11.6 Å². The smallest absolute Gasteiger partial charge is 0.337 e. The molecule has 0 heterocycles. The molecule has 0 aromatic heterocycles. The van der Waals surface area contributed by atoms with Crippen LogP contribution in [0.15, 0.2) is 53.4 Å². The van der Waals surface area contributed by atoms with Gasteiger partial charge in [-0.25, -0.2) is 13.2 Å². The Labute approximate surface area is 146 Å². The third-order valence-electron chi connectivity index (χ3n) is 3.52. The second-order valence-electron chi connectivity index (χ2n) is 5.05. The zero-order chi connectivity index (χ0) is 17.7. The molecule has 7 heteroatoms. The van der Waals surface area contributed by atoms with Gasteiger partial charge in [0.15, 0.2) is 0 Å². The monoisotopic (exact) mass is 367 g/mol. The number of esters is 1. The van der Waals surface area contributed by atoms with Crippen molar-refractivity contribution in [2.45, 2.75) is 18.4 Å². The fourth-order valence-electron chi connectivity index (χ4n) is 2.24. The molecule has 0 unspecified atom stereocenters. The molecule has 0 aliphatic heterocycles. The lowest BCUT2D eigenvalue weighted by Crippen LogP contribution is -2.30. The molecule has 0 saturated carbocycles. The van der Waals surface area contributed by atoms with E-state index in [-0.39, 0.29) is 28.6 Å². The fraction of sp³-hybridized carbons (Fsp3) is 0.235.